The molecule has 2 aliphatic rings. The molecule has 2 aromatic heterocycles. The first kappa shape index (κ1) is 29.3. The van der Waals surface area contributed by atoms with Crippen molar-refractivity contribution in [1.82, 2.24) is 29.8 Å². The number of nitrogens with zero attached hydrogens (tertiary/aromatic N) is 6. The van der Waals surface area contributed by atoms with Crippen molar-refractivity contribution in [2.45, 2.75) is 57.5 Å². The first-order chi connectivity index (χ1) is 21.7. The summed E-state index contributed by atoms with van der Waals surface area (Å²) in [5.41, 5.74) is 3.56. The smallest absolute Gasteiger partial charge is 0.194 e. The molecule has 6 atom stereocenters. The van der Waals surface area contributed by atoms with E-state index in [4.69, 9.17) is 14.2 Å². The summed E-state index contributed by atoms with van der Waals surface area (Å²) in [7, 11) is 0. The fourth-order valence-corrected chi connectivity index (χ4v) is 5.91. The zero-order chi connectivity index (χ0) is 31.4. The molecular weight excluding hydrogens is 589 g/mol. The Kier molecular flexibility index (Phi) is 7.48. The Morgan fingerprint density at radius 3 is 2.44 bits per heavy atom. The van der Waals surface area contributed by atoms with Gasteiger partial charge in [-0.15, -0.1) is 5.10 Å². The molecule has 1 N–H and O–H groups in total. The van der Waals surface area contributed by atoms with E-state index in [1.807, 2.05) is 62.4 Å². The molecule has 45 heavy (non-hydrogen) atoms. The monoisotopic (exact) mass is 618 g/mol. The van der Waals surface area contributed by atoms with Gasteiger partial charge in [-0.25, -0.2) is 27.5 Å². The van der Waals surface area contributed by atoms with Gasteiger partial charge in [0.1, 0.15) is 42.0 Å². The van der Waals surface area contributed by atoms with E-state index >= 15 is 0 Å². The van der Waals surface area contributed by atoms with E-state index in [2.05, 4.69) is 20.4 Å². The fraction of sp³-hybridized carbons (Fsp3) is 0.312. The highest BCUT2D eigenvalue weighted by atomic mass is 19.2. The highest BCUT2D eigenvalue weighted by Gasteiger charge is 2.52. The molecule has 0 saturated carbocycles. The SMILES string of the molecule is Cc1ccc(C)c(-n2nc(C)nc2C2OC3COC(c4ccccc4)OC3C(n3cc(-c4cc(F)c(F)c(F)c4)nn3)C2O)c1. The van der Waals surface area contributed by atoms with Gasteiger partial charge in [0.2, 0.25) is 0 Å². The number of halogens is 3. The Morgan fingerprint density at radius 1 is 0.933 bits per heavy atom. The molecule has 0 aliphatic carbocycles. The molecule has 10 nitrogen and oxygen atoms in total. The van der Waals surface area contributed by atoms with E-state index in [0.717, 1.165) is 34.5 Å². The quantitative estimate of drug-likeness (QED) is 0.274. The van der Waals surface area contributed by atoms with Crippen molar-refractivity contribution >= 4 is 0 Å². The predicted molar refractivity (Wildman–Crippen MR) is 154 cm³/mol. The summed E-state index contributed by atoms with van der Waals surface area (Å²) in [6.07, 6.45) is -3.11. The molecule has 13 heteroatoms. The minimum absolute atomic E-state index is 0.0207. The van der Waals surface area contributed by atoms with Crippen LogP contribution in [0.2, 0.25) is 0 Å². The van der Waals surface area contributed by atoms with Crippen LogP contribution in [0.5, 0.6) is 0 Å². The van der Waals surface area contributed by atoms with Gasteiger partial charge in [-0.1, -0.05) is 47.7 Å². The summed E-state index contributed by atoms with van der Waals surface area (Å²) in [5.74, 6) is -3.45. The largest absolute Gasteiger partial charge is 0.388 e. The van der Waals surface area contributed by atoms with E-state index in [0.29, 0.717) is 11.6 Å². The topological polar surface area (TPSA) is 109 Å². The zero-order valence-electron chi connectivity index (χ0n) is 24.5. The molecule has 3 aromatic carbocycles. The highest BCUT2D eigenvalue weighted by Crippen LogP contribution is 2.44. The minimum atomic E-state index is -1.58. The third kappa shape index (κ3) is 5.31. The maximum Gasteiger partial charge on any atom is 0.194 e. The Balaban J connectivity index is 1.30. The molecule has 2 aliphatic heterocycles. The number of hydrogen-bond acceptors (Lipinski definition) is 8. The number of aryl methyl sites for hydroxylation is 3. The van der Waals surface area contributed by atoms with Crippen LogP contribution in [0.4, 0.5) is 13.2 Å². The van der Waals surface area contributed by atoms with Crippen LogP contribution in [0.1, 0.15) is 46.8 Å². The summed E-state index contributed by atoms with van der Waals surface area (Å²) in [5, 5.41) is 25.0. The molecule has 0 bridgehead atoms. The first-order valence-corrected chi connectivity index (χ1v) is 14.4. The molecule has 0 amide bonds. The summed E-state index contributed by atoms with van der Waals surface area (Å²) in [6.45, 7) is 5.80. The second-order valence-corrected chi connectivity index (χ2v) is 11.3. The van der Waals surface area contributed by atoms with Crippen molar-refractivity contribution < 1.29 is 32.5 Å². The summed E-state index contributed by atoms with van der Waals surface area (Å²) in [4.78, 5) is 4.66. The maximum absolute atomic E-state index is 14.1. The second kappa shape index (κ2) is 11.5. The van der Waals surface area contributed by atoms with Gasteiger partial charge in [0, 0.05) is 11.1 Å². The number of aliphatic hydroxyl groups is 1. The van der Waals surface area contributed by atoms with Gasteiger partial charge in [0.25, 0.3) is 0 Å². The molecule has 2 fully saturated rings. The minimum Gasteiger partial charge on any atom is -0.388 e. The Morgan fingerprint density at radius 2 is 1.69 bits per heavy atom. The van der Waals surface area contributed by atoms with Gasteiger partial charge in [0.05, 0.1) is 18.5 Å². The summed E-state index contributed by atoms with van der Waals surface area (Å²) < 4.78 is 63.8. The van der Waals surface area contributed by atoms with Gasteiger partial charge >= 0.3 is 0 Å². The van der Waals surface area contributed by atoms with E-state index in [1.165, 1.54) is 10.9 Å². The number of aromatic nitrogens is 6. The summed E-state index contributed by atoms with van der Waals surface area (Å²) >= 11 is 0. The van der Waals surface area contributed by atoms with Crippen LogP contribution in [-0.2, 0) is 14.2 Å². The third-order valence-electron chi connectivity index (χ3n) is 8.13. The Bertz CT molecular complexity index is 1840. The number of aliphatic hydroxyl groups excluding tert-OH is 1. The predicted octanol–water partition coefficient (Wildman–Crippen LogP) is 5.02. The van der Waals surface area contributed by atoms with Gasteiger partial charge < -0.3 is 19.3 Å². The third-order valence-corrected chi connectivity index (χ3v) is 8.13. The molecule has 0 spiro atoms. The van der Waals surface area contributed by atoms with Crippen LogP contribution in [-0.4, -0.2) is 59.8 Å². The summed E-state index contributed by atoms with van der Waals surface area (Å²) in [6, 6.07) is 16.0. The van der Waals surface area contributed by atoms with Crippen molar-refractivity contribution in [1.29, 1.82) is 0 Å². The lowest BCUT2D eigenvalue weighted by Crippen LogP contribution is -2.57. The standard InChI is InChI=1S/C32H29F3N6O4/c1-16-9-10-17(2)24(11-16)41-31(36-18(3)38-41)30-28(42)27(29-25(44-30)15-43-32(45-29)19-7-5-4-6-8-19)40-14-23(37-39-40)20-12-21(33)26(35)22(34)13-20/h4-14,25,27-30,32,42H,15H2,1-3H3. The lowest BCUT2D eigenvalue weighted by atomic mass is 9.91. The average Bonchev–Trinajstić information content (AvgIpc) is 3.67. The van der Waals surface area contributed by atoms with Gasteiger partial charge in [0.15, 0.2) is 29.6 Å². The molecule has 5 aromatic rings. The van der Waals surface area contributed by atoms with Crippen LogP contribution in [0.15, 0.2) is 66.9 Å². The normalized spacial score (nSPS) is 24.9. The van der Waals surface area contributed by atoms with E-state index in [9.17, 15) is 18.3 Å². The molecule has 6 unspecified atom stereocenters. The number of ether oxygens (including phenoxy) is 3. The van der Waals surface area contributed by atoms with Crippen molar-refractivity contribution in [3.05, 3.63) is 113 Å². The fourth-order valence-electron chi connectivity index (χ4n) is 5.91. The second-order valence-electron chi connectivity index (χ2n) is 11.3. The zero-order valence-corrected chi connectivity index (χ0v) is 24.5. The first-order valence-electron chi connectivity index (χ1n) is 14.4. The van der Waals surface area contributed by atoms with Gasteiger partial charge in [-0.2, -0.15) is 5.10 Å². The number of fused-ring (bicyclic) bond motifs is 1. The van der Waals surface area contributed by atoms with Crippen molar-refractivity contribution in [3.63, 3.8) is 0 Å². The molecule has 7 rings (SSSR count). The highest BCUT2D eigenvalue weighted by molar-refractivity contribution is 5.58. The van der Waals surface area contributed by atoms with E-state index < -0.39 is 54.2 Å². The van der Waals surface area contributed by atoms with Gasteiger partial charge in [-0.05, 0) is 50.1 Å². The van der Waals surface area contributed by atoms with Crippen LogP contribution < -0.4 is 0 Å². The maximum atomic E-state index is 14.1. The van der Waals surface area contributed by atoms with Crippen LogP contribution >= 0.6 is 0 Å². The van der Waals surface area contributed by atoms with Crippen molar-refractivity contribution in [2.24, 2.45) is 0 Å². The van der Waals surface area contributed by atoms with Crippen LogP contribution in [0.25, 0.3) is 16.9 Å². The van der Waals surface area contributed by atoms with Crippen molar-refractivity contribution in [3.8, 4) is 16.9 Å². The van der Waals surface area contributed by atoms with E-state index in [-0.39, 0.29) is 17.9 Å². The van der Waals surface area contributed by atoms with E-state index in [1.54, 1.807) is 11.6 Å². The lowest BCUT2D eigenvalue weighted by Gasteiger charge is -2.47. The Labute approximate surface area is 256 Å². The van der Waals surface area contributed by atoms with Crippen LogP contribution in [0.3, 0.4) is 0 Å². The number of rotatable bonds is 5. The molecule has 0 radical (unpaired) electrons. The van der Waals surface area contributed by atoms with Crippen molar-refractivity contribution in [2.75, 3.05) is 6.61 Å². The van der Waals surface area contributed by atoms with Gasteiger partial charge in [-0.3, -0.25) is 0 Å². The molecule has 4 heterocycles. The number of hydrogen-bond donors (Lipinski definition) is 1. The number of benzene rings is 3. The molecule has 232 valence electrons. The van der Waals surface area contributed by atoms with Crippen LogP contribution in [0, 0.1) is 38.2 Å². The molecular formula is C32H29F3N6O4. The Hall–Kier alpha value is -4.43. The molecule has 2 saturated heterocycles. The average molecular weight is 619 g/mol. The lowest BCUT2D eigenvalue weighted by molar-refractivity contribution is -0.319.